The van der Waals surface area contributed by atoms with Gasteiger partial charge in [-0.05, 0) is 29.7 Å². The van der Waals surface area contributed by atoms with Crippen LogP contribution in [-0.4, -0.2) is 18.4 Å². The minimum atomic E-state index is 0.365. The Labute approximate surface area is 140 Å². The van der Waals surface area contributed by atoms with Crippen LogP contribution < -0.4 is 4.74 Å². The highest BCUT2D eigenvalue weighted by Crippen LogP contribution is 2.36. The second-order valence-corrected chi connectivity index (χ2v) is 6.21. The zero-order valence-electron chi connectivity index (χ0n) is 13.3. The Bertz CT molecular complexity index is 880. The monoisotopic (exact) mass is 327 g/mol. The third-order valence-electron chi connectivity index (χ3n) is 4.09. The van der Waals surface area contributed by atoms with Gasteiger partial charge in [0.15, 0.2) is 6.29 Å². The molecule has 4 heteroatoms. The van der Waals surface area contributed by atoms with Gasteiger partial charge in [0.05, 0.1) is 23.3 Å². The molecule has 3 nitrogen and oxygen atoms in total. The fourth-order valence-corrected chi connectivity index (χ4v) is 3.17. The molecule has 0 aliphatic carbocycles. The van der Waals surface area contributed by atoms with E-state index in [-0.39, 0.29) is 0 Å². The van der Waals surface area contributed by atoms with Gasteiger partial charge in [0, 0.05) is 16.5 Å². The molecule has 0 aliphatic rings. The first-order valence-corrected chi connectivity index (χ1v) is 7.88. The minimum absolute atomic E-state index is 0.365. The number of para-hydroxylation sites is 1. The van der Waals surface area contributed by atoms with E-state index in [1.54, 1.807) is 13.2 Å². The fourth-order valence-electron chi connectivity index (χ4n) is 2.91. The number of H-pyrrole nitrogens is 1. The van der Waals surface area contributed by atoms with Crippen LogP contribution in [0.4, 0.5) is 0 Å². The lowest BCUT2D eigenvalue weighted by Gasteiger charge is -2.06. The van der Waals surface area contributed by atoms with Crippen LogP contribution in [0.5, 0.6) is 5.75 Å². The summed E-state index contributed by atoms with van der Waals surface area (Å²) in [6, 6.07) is 11.6. The van der Waals surface area contributed by atoms with E-state index in [2.05, 4.69) is 24.9 Å². The average molecular weight is 328 g/mol. The number of nitrogens with one attached hydrogen (secondary N) is 1. The minimum Gasteiger partial charge on any atom is -0.495 e. The number of rotatable bonds is 4. The topological polar surface area (TPSA) is 42.1 Å². The summed E-state index contributed by atoms with van der Waals surface area (Å²) >= 11 is 6.23. The van der Waals surface area contributed by atoms with Crippen molar-refractivity contribution in [2.75, 3.05) is 7.11 Å². The van der Waals surface area contributed by atoms with Crippen molar-refractivity contribution >= 4 is 28.8 Å². The lowest BCUT2D eigenvalue weighted by Crippen LogP contribution is -1.88. The van der Waals surface area contributed by atoms with E-state index in [4.69, 9.17) is 16.3 Å². The van der Waals surface area contributed by atoms with Gasteiger partial charge in [-0.15, -0.1) is 0 Å². The number of aldehydes is 1. The largest absolute Gasteiger partial charge is 0.495 e. The molecule has 23 heavy (non-hydrogen) atoms. The van der Waals surface area contributed by atoms with Crippen molar-refractivity contribution in [1.29, 1.82) is 0 Å². The molecule has 1 aromatic heterocycles. The Morgan fingerprint density at radius 3 is 2.61 bits per heavy atom. The number of hydrogen-bond acceptors (Lipinski definition) is 2. The van der Waals surface area contributed by atoms with E-state index < -0.39 is 0 Å². The van der Waals surface area contributed by atoms with Crippen molar-refractivity contribution in [3.8, 4) is 17.0 Å². The molecule has 0 bridgehead atoms. The van der Waals surface area contributed by atoms with Crippen LogP contribution in [0.25, 0.3) is 22.2 Å². The van der Waals surface area contributed by atoms with Crippen LogP contribution in [0.2, 0.25) is 5.02 Å². The van der Waals surface area contributed by atoms with Crippen LogP contribution in [-0.2, 0) is 0 Å². The third-order valence-corrected chi connectivity index (χ3v) is 4.38. The first kappa shape index (κ1) is 15.6. The highest BCUT2D eigenvalue weighted by Gasteiger charge is 2.16. The van der Waals surface area contributed by atoms with Crippen LogP contribution >= 0.6 is 11.6 Å². The maximum Gasteiger partial charge on any atom is 0.152 e. The molecule has 0 spiro atoms. The predicted molar refractivity (Wildman–Crippen MR) is 94.8 cm³/mol. The molecule has 0 radical (unpaired) electrons. The SMILES string of the molecule is COc1ccc(-c2[nH]c3c(C(C)C)cccc3c2C=O)cc1Cl. The maximum absolute atomic E-state index is 11.7. The first-order valence-electron chi connectivity index (χ1n) is 7.50. The number of ether oxygens (including phenoxy) is 1. The summed E-state index contributed by atoms with van der Waals surface area (Å²) in [4.78, 5) is 15.1. The summed E-state index contributed by atoms with van der Waals surface area (Å²) in [6.45, 7) is 4.28. The van der Waals surface area contributed by atoms with Crippen molar-refractivity contribution in [3.05, 3.63) is 52.5 Å². The van der Waals surface area contributed by atoms with E-state index in [9.17, 15) is 4.79 Å². The van der Waals surface area contributed by atoms with Crippen LogP contribution in [0.3, 0.4) is 0 Å². The average Bonchev–Trinajstić information content (AvgIpc) is 2.92. The lowest BCUT2D eigenvalue weighted by molar-refractivity contribution is 0.112. The number of benzene rings is 2. The zero-order valence-corrected chi connectivity index (χ0v) is 14.1. The molecule has 3 rings (SSSR count). The molecule has 118 valence electrons. The zero-order chi connectivity index (χ0) is 16.6. The van der Waals surface area contributed by atoms with E-state index in [0.29, 0.717) is 22.3 Å². The van der Waals surface area contributed by atoms with Crippen LogP contribution in [0, 0.1) is 0 Å². The number of fused-ring (bicyclic) bond motifs is 1. The third kappa shape index (κ3) is 2.62. The summed E-state index contributed by atoms with van der Waals surface area (Å²) in [5.41, 5.74) is 4.50. The van der Waals surface area contributed by atoms with E-state index in [0.717, 1.165) is 28.4 Å². The Kier molecular flexibility index (Phi) is 4.14. The van der Waals surface area contributed by atoms with Gasteiger partial charge >= 0.3 is 0 Å². The van der Waals surface area contributed by atoms with Gasteiger partial charge in [0.2, 0.25) is 0 Å². The molecule has 0 unspecified atom stereocenters. The van der Waals surface area contributed by atoms with E-state index >= 15 is 0 Å². The standard InChI is InChI=1S/C19H18ClNO2/c1-11(2)13-5-4-6-14-15(10-22)18(21-19(13)14)12-7-8-17(23-3)16(20)9-12/h4-11,21H,1-3H3. The Morgan fingerprint density at radius 1 is 1.22 bits per heavy atom. The molecule has 2 aromatic carbocycles. The molecule has 0 saturated heterocycles. The number of carbonyl (C=O) groups excluding carboxylic acids is 1. The first-order chi connectivity index (χ1) is 11.1. The molecule has 1 heterocycles. The van der Waals surface area contributed by atoms with Crippen molar-refractivity contribution in [3.63, 3.8) is 0 Å². The second-order valence-electron chi connectivity index (χ2n) is 5.81. The van der Waals surface area contributed by atoms with Gasteiger partial charge in [-0.2, -0.15) is 0 Å². The number of aromatic nitrogens is 1. The fraction of sp³-hybridized carbons (Fsp3) is 0.211. The molecule has 0 amide bonds. The van der Waals surface area contributed by atoms with Gasteiger partial charge in [-0.25, -0.2) is 0 Å². The summed E-state index contributed by atoms with van der Waals surface area (Å²) < 4.78 is 5.19. The summed E-state index contributed by atoms with van der Waals surface area (Å²) in [6.07, 6.45) is 0.899. The summed E-state index contributed by atoms with van der Waals surface area (Å²) in [7, 11) is 1.58. The number of hydrogen-bond donors (Lipinski definition) is 1. The smallest absolute Gasteiger partial charge is 0.152 e. The van der Waals surface area contributed by atoms with Gasteiger partial charge in [0.1, 0.15) is 5.75 Å². The normalized spacial score (nSPS) is 11.2. The highest BCUT2D eigenvalue weighted by atomic mass is 35.5. The van der Waals surface area contributed by atoms with Crippen LogP contribution in [0.15, 0.2) is 36.4 Å². The van der Waals surface area contributed by atoms with E-state index in [1.165, 1.54) is 5.56 Å². The van der Waals surface area contributed by atoms with E-state index in [1.807, 2.05) is 24.3 Å². The van der Waals surface area contributed by atoms with Gasteiger partial charge in [-0.1, -0.05) is 43.6 Å². The Morgan fingerprint density at radius 2 is 2.00 bits per heavy atom. The maximum atomic E-state index is 11.7. The Hall–Kier alpha value is -2.26. The molecule has 0 saturated carbocycles. The van der Waals surface area contributed by atoms with Crippen molar-refractivity contribution < 1.29 is 9.53 Å². The van der Waals surface area contributed by atoms with Crippen molar-refractivity contribution in [2.24, 2.45) is 0 Å². The second kappa shape index (κ2) is 6.09. The predicted octanol–water partition coefficient (Wildman–Crippen LogP) is 5.43. The van der Waals surface area contributed by atoms with Gasteiger partial charge in [-0.3, -0.25) is 4.79 Å². The molecular formula is C19H18ClNO2. The number of halogens is 1. The van der Waals surface area contributed by atoms with Gasteiger partial charge < -0.3 is 9.72 Å². The molecule has 1 N–H and O–H groups in total. The molecule has 3 aromatic rings. The molecule has 0 atom stereocenters. The van der Waals surface area contributed by atoms with Crippen LogP contribution in [0.1, 0.15) is 35.7 Å². The summed E-state index contributed by atoms with van der Waals surface area (Å²) in [5, 5.41) is 1.46. The number of methoxy groups -OCH3 is 1. The molecule has 0 fully saturated rings. The van der Waals surface area contributed by atoms with Gasteiger partial charge in [0.25, 0.3) is 0 Å². The van der Waals surface area contributed by atoms with Crippen molar-refractivity contribution in [2.45, 2.75) is 19.8 Å². The Balaban J connectivity index is 2.27. The lowest BCUT2D eigenvalue weighted by atomic mass is 9.99. The number of aromatic amines is 1. The number of carbonyl (C=O) groups is 1. The molecule has 0 aliphatic heterocycles. The quantitative estimate of drug-likeness (QED) is 0.649. The molecular weight excluding hydrogens is 310 g/mol. The summed E-state index contributed by atoms with van der Waals surface area (Å²) in [5.74, 6) is 0.978. The highest BCUT2D eigenvalue weighted by molar-refractivity contribution is 6.32. The van der Waals surface area contributed by atoms with Crippen molar-refractivity contribution in [1.82, 2.24) is 4.98 Å².